The SMILES string of the molecule is N#Cc1ccc(Nc2nccc(N(c3ccc(F)cc3)N(C(=O)N=O)c3ccccc3Br)n2)cc1. The Morgan fingerprint density at radius 1 is 1.03 bits per heavy atom. The average Bonchev–Trinajstić information content (AvgIpc) is 2.89. The smallest absolute Gasteiger partial charge is 0.324 e. The molecule has 0 saturated carbocycles. The molecule has 0 spiro atoms. The van der Waals surface area contributed by atoms with Crippen LogP contribution in [-0.2, 0) is 0 Å². The summed E-state index contributed by atoms with van der Waals surface area (Å²) in [6, 6.07) is 21.2. The van der Waals surface area contributed by atoms with Gasteiger partial charge in [0.05, 0.1) is 23.0 Å². The minimum Gasteiger partial charge on any atom is -0.324 e. The molecule has 0 fully saturated rings. The first kappa shape index (κ1) is 23.5. The van der Waals surface area contributed by atoms with E-state index in [2.05, 4.69) is 36.4 Å². The largest absolute Gasteiger partial charge is 0.404 e. The summed E-state index contributed by atoms with van der Waals surface area (Å²) in [4.78, 5) is 32.9. The number of anilines is 5. The lowest BCUT2D eigenvalue weighted by atomic mass is 10.2. The zero-order valence-corrected chi connectivity index (χ0v) is 19.4. The number of benzene rings is 3. The van der Waals surface area contributed by atoms with Crippen LogP contribution in [0.4, 0.5) is 38.0 Å². The van der Waals surface area contributed by atoms with Crippen LogP contribution in [0.15, 0.2) is 94.7 Å². The summed E-state index contributed by atoms with van der Waals surface area (Å²) in [5.74, 6) is -0.111. The molecular formula is C24H15BrFN7O2. The molecule has 0 aliphatic carbocycles. The molecule has 4 rings (SSSR count). The van der Waals surface area contributed by atoms with Gasteiger partial charge in [-0.05, 0) is 76.6 Å². The molecule has 0 atom stereocenters. The average molecular weight is 532 g/mol. The maximum Gasteiger partial charge on any atom is 0.404 e. The Labute approximate surface area is 207 Å². The highest BCUT2D eigenvalue weighted by Crippen LogP contribution is 2.35. The molecule has 0 aliphatic heterocycles. The van der Waals surface area contributed by atoms with Crippen molar-refractivity contribution in [1.82, 2.24) is 9.97 Å². The summed E-state index contributed by atoms with van der Waals surface area (Å²) in [6.07, 6.45) is 1.46. The monoisotopic (exact) mass is 531 g/mol. The lowest BCUT2D eigenvalue weighted by Gasteiger charge is -2.34. The minimum atomic E-state index is -1.12. The highest BCUT2D eigenvalue weighted by Gasteiger charge is 2.29. The summed E-state index contributed by atoms with van der Waals surface area (Å²) in [5, 5.41) is 17.0. The predicted molar refractivity (Wildman–Crippen MR) is 133 cm³/mol. The summed E-state index contributed by atoms with van der Waals surface area (Å²) in [6.45, 7) is 0. The molecule has 9 nitrogen and oxygen atoms in total. The number of nitriles is 1. The van der Waals surface area contributed by atoms with E-state index in [-0.39, 0.29) is 11.8 Å². The number of carbonyl (C=O) groups is 1. The predicted octanol–water partition coefficient (Wildman–Crippen LogP) is 6.44. The second kappa shape index (κ2) is 10.5. The zero-order chi connectivity index (χ0) is 24.8. The van der Waals surface area contributed by atoms with Gasteiger partial charge in [0.15, 0.2) is 5.82 Å². The van der Waals surface area contributed by atoms with Crippen molar-refractivity contribution in [2.75, 3.05) is 15.3 Å². The van der Waals surface area contributed by atoms with E-state index in [9.17, 15) is 14.1 Å². The lowest BCUT2D eigenvalue weighted by Crippen LogP contribution is -2.43. The number of hydrogen-bond donors (Lipinski definition) is 1. The van der Waals surface area contributed by atoms with Crippen LogP contribution in [0.2, 0.25) is 0 Å². The van der Waals surface area contributed by atoms with Crippen LogP contribution in [0.1, 0.15) is 5.56 Å². The van der Waals surface area contributed by atoms with Crippen molar-refractivity contribution in [2.45, 2.75) is 0 Å². The Hall–Kier alpha value is -4.69. The van der Waals surface area contributed by atoms with E-state index in [1.165, 1.54) is 41.5 Å². The number of amides is 2. The van der Waals surface area contributed by atoms with Crippen molar-refractivity contribution >= 4 is 50.8 Å². The highest BCUT2D eigenvalue weighted by atomic mass is 79.9. The molecule has 0 unspecified atom stereocenters. The third-order valence-electron chi connectivity index (χ3n) is 4.74. The number of hydrogen-bond acceptors (Lipinski definition) is 7. The van der Waals surface area contributed by atoms with Crippen molar-refractivity contribution in [3.63, 3.8) is 0 Å². The normalized spacial score (nSPS) is 10.2. The van der Waals surface area contributed by atoms with Crippen LogP contribution < -0.4 is 15.3 Å². The van der Waals surface area contributed by atoms with Gasteiger partial charge in [-0.2, -0.15) is 15.3 Å². The Balaban J connectivity index is 1.82. The molecule has 0 bridgehead atoms. The quantitative estimate of drug-likeness (QED) is 0.225. The fourth-order valence-electron chi connectivity index (χ4n) is 3.18. The minimum absolute atomic E-state index is 0.179. The number of carbonyl (C=O) groups excluding carboxylic acids is 1. The fourth-order valence-corrected chi connectivity index (χ4v) is 3.63. The fraction of sp³-hybridized carbons (Fsp3) is 0. The number of nitroso groups, excluding NO2 is 1. The van der Waals surface area contributed by atoms with Crippen molar-refractivity contribution in [2.24, 2.45) is 5.18 Å². The molecule has 4 aromatic rings. The molecule has 2 amide bonds. The van der Waals surface area contributed by atoms with E-state index in [1.54, 1.807) is 48.5 Å². The second-order valence-corrected chi connectivity index (χ2v) is 7.83. The van der Waals surface area contributed by atoms with Crippen molar-refractivity contribution in [3.8, 4) is 6.07 Å². The third-order valence-corrected chi connectivity index (χ3v) is 5.41. The maximum atomic E-state index is 13.7. The first-order valence-corrected chi connectivity index (χ1v) is 10.9. The number of nitrogens with one attached hydrogen (secondary N) is 1. The van der Waals surface area contributed by atoms with Gasteiger partial charge in [-0.25, -0.2) is 19.2 Å². The van der Waals surface area contributed by atoms with Gasteiger partial charge in [0, 0.05) is 27.6 Å². The van der Waals surface area contributed by atoms with Crippen LogP contribution in [0.3, 0.4) is 0 Å². The molecule has 35 heavy (non-hydrogen) atoms. The van der Waals surface area contributed by atoms with E-state index in [0.29, 0.717) is 27.1 Å². The molecular weight excluding hydrogens is 517 g/mol. The molecule has 1 aromatic heterocycles. The Bertz CT molecular complexity index is 1410. The van der Waals surface area contributed by atoms with Crippen LogP contribution >= 0.6 is 15.9 Å². The van der Waals surface area contributed by atoms with E-state index >= 15 is 0 Å². The topological polar surface area (TPSA) is 115 Å². The van der Waals surface area contributed by atoms with Crippen LogP contribution in [-0.4, -0.2) is 16.0 Å². The number of nitrogens with zero attached hydrogens (tertiary/aromatic N) is 6. The standard InChI is InChI=1S/C24H15BrFN7O2/c25-20-3-1-2-4-21(20)33(24(34)31-35)32(19-11-7-17(26)8-12-19)22-13-14-28-23(30-22)29-18-9-5-16(15-27)6-10-18/h1-14H,(H,28,29,30). The molecule has 0 aliphatic rings. The molecule has 1 N–H and O–H groups in total. The van der Waals surface area contributed by atoms with Crippen molar-refractivity contribution in [3.05, 3.63) is 106 Å². The molecule has 0 saturated heterocycles. The molecule has 172 valence electrons. The number of aromatic nitrogens is 2. The first-order valence-electron chi connectivity index (χ1n) is 10.1. The molecule has 1 heterocycles. The summed E-state index contributed by atoms with van der Waals surface area (Å²) in [7, 11) is 0. The van der Waals surface area contributed by atoms with Crippen LogP contribution in [0.25, 0.3) is 0 Å². The number of rotatable bonds is 6. The van der Waals surface area contributed by atoms with Crippen molar-refractivity contribution in [1.29, 1.82) is 5.26 Å². The van der Waals surface area contributed by atoms with Crippen molar-refractivity contribution < 1.29 is 9.18 Å². The van der Waals surface area contributed by atoms with Gasteiger partial charge in [-0.15, -0.1) is 4.91 Å². The van der Waals surface area contributed by atoms with E-state index in [1.807, 2.05) is 6.07 Å². The first-order chi connectivity index (χ1) is 17.0. The van der Waals surface area contributed by atoms with Gasteiger partial charge in [0.2, 0.25) is 5.95 Å². The molecule has 11 heteroatoms. The van der Waals surface area contributed by atoms with E-state index < -0.39 is 11.8 Å². The Kier molecular flexibility index (Phi) is 7.04. The number of hydrazine groups is 1. The Morgan fingerprint density at radius 2 is 1.74 bits per heavy atom. The van der Waals surface area contributed by atoms with Crippen LogP contribution in [0.5, 0.6) is 0 Å². The van der Waals surface area contributed by atoms with Gasteiger partial charge in [0.1, 0.15) is 5.82 Å². The number of halogens is 2. The highest BCUT2D eigenvalue weighted by molar-refractivity contribution is 9.10. The van der Waals surface area contributed by atoms with Crippen LogP contribution in [0, 0.1) is 22.1 Å². The second-order valence-electron chi connectivity index (χ2n) is 6.98. The van der Waals surface area contributed by atoms with E-state index in [4.69, 9.17) is 5.26 Å². The van der Waals surface area contributed by atoms with Gasteiger partial charge < -0.3 is 5.32 Å². The summed E-state index contributed by atoms with van der Waals surface area (Å²) >= 11 is 3.40. The van der Waals surface area contributed by atoms with Gasteiger partial charge in [-0.1, -0.05) is 12.1 Å². The molecule has 0 radical (unpaired) electrons. The van der Waals surface area contributed by atoms with Gasteiger partial charge in [-0.3, -0.25) is 0 Å². The summed E-state index contributed by atoms with van der Waals surface area (Å²) < 4.78 is 14.2. The third kappa shape index (κ3) is 5.29. The molecule has 3 aromatic carbocycles. The van der Waals surface area contributed by atoms with Gasteiger partial charge >= 0.3 is 6.03 Å². The zero-order valence-electron chi connectivity index (χ0n) is 17.8. The maximum absolute atomic E-state index is 13.7. The number of urea groups is 1. The lowest BCUT2D eigenvalue weighted by molar-refractivity contribution is 0.254. The summed E-state index contributed by atoms with van der Waals surface area (Å²) in [5.41, 5.74) is 1.77. The number of para-hydroxylation sites is 1. The van der Waals surface area contributed by atoms with Gasteiger partial charge in [0.25, 0.3) is 0 Å². The van der Waals surface area contributed by atoms with E-state index in [0.717, 1.165) is 5.01 Å². The Morgan fingerprint density at radius 3 is 2.40 bits per heavy atom.